The number of aromatic nitrogens is 1. The predicted molar refractivity (Wildman–Crippen MR) is 82.7 cm³/mol. The molecular formula is C16H16FN3O. The lowest BCUT2D eigenvalue weighted by atomic mass is 10.0. The summed E-state index contributed by atoms with van der Waals surface area (Å²) in [5, 5.41) is 5.87. The van der Waals surface area contributed by atoms with Gasteiger partial charge in [0.25, 0.3) is 5.91 Å². The third-order valence-electron chi connectivity index (χ3n) is 3.78. The molecule has 3 N–H and O–H groups in total. The number of amides is 1. The molecule has 0 fully saturated rings. The summed E-state index contributed by atoms with van der Waals surface area (Å²) < 4.78 is 13.4. The van der Waals surface area contributed by atoms with E-state index in [1.807, 2.05) is 20.9 Å². The van der Waals surface area contributed by atoms with Gasteiger partial charge in [-0.05, 0) is 43.7 Å². The molecule has 0 spiro atoms. The van der Waals surface area contributed by atoms with Crippen LogP contribution in [-0.2, 0) is 4.79 Å². The maximum Gasteiger partial charge on any atom is 0.256 e. The van der Waals surface area contributed by atoms with Gasteiger partial charge in [-0.2, -0.15) is 0 Å². The molecule has 0 radical (unpaired) electrons. The van der Waals surface area contributed by atoms with Gasteiger partial charge in [-0.25, -0.2) is 4.39 Å². The van der Waals surface area contributed by atoms with E-state index < -0.39 is 0 Å². The summed E-state index contributed by atoms with van der Waals surface area (Å²) in [5.41, 5.74) is 5.59. The first-order chi connectivity index (χ1) is 10.0. The van der Waals surface area contributed by atoms with Crippen molar-refractivity contribution in [3.8, 4) is 0 Å². The van der Waals surface area contributed by atoms with E-state index in [1.54, 1.807) is 12.1 Å². The van der Waals surface area contributed by atoms with Crippen LogP contribution in [-0.4, -0.2) is 17.9 Å². The molecule has 1 aliphatic heterocycles. The van der Waals surface area contributed by atoms with Crippen molar-refractivity contribution < 1.29 is 9.18 Å². The Morgan fingerprint density at radius 3 is 2.71 bits per heavy atom. The summed E-state index contributed by atoms with van der Waals surface area (Å²) in [6.45, 7) is 3.93. The van der Waals surface area contributed by atoms with E-state index in [2.05, 4.69) is 15.6 Å². The predicted octanol–water partition coefficient (Wildman–Crippen LogP) is 3.31. The first kappa shape index (κ1) is 13.4. The second-order valence-corrected chi connectivity index (χ2v) is 5.12. The number of aryl methyl sites for hydroxylation is 1. The Kier molecular flexibility index (Phi) is 3.05. The number of halogens is 1. The Morgan fingerprint density at radius 2 is 2.05 bits per heavy atom. The van der Waals surface area contributed by atoms with Crippen LogP contribution in [0.2, 0.25) is 0 Å². The van der Waals surface area contributed by atoms with Gasteiger partial charge in [0.1, 0.15) is 5.82 Å². The van der Waals surface area contributed by atoms with E-state index in [-0.39, 0.29) is 11.7 Å². The molecule has 0 atom stereocenters. The Bertz CT molecular complexity index is 774. The number of H-pyrrole nitrogens is 1. The van der Waals surface area contributed by atoms with Crippen molar-refractivity contribution in [2.24, 2.45) is 0 Å². The Labute approximate surface area is 122 Å². The summed E-state index contributed by atoms with van der Waals surface area (Å²) in [7, 11) is 1.85. The second kappa shape index (κ2) is 4.77. The zero-order valence-electron chi connectivity index (χ0n) is 12.1. The Hall–Kier alpha value is -2.56. The summed E-state index contributed by atoms with van der Waals surface area (Å²) in [6.07, 6.45) is 1.77. The van der Waals surface area contributed by atoms with Gasteiger partial charge in [0.05, 0.1) is 11.3 Å². The number of benzene rings is 1. The van der Waals surface area contributed by atoms with Crippen LogP contribution in [0.4, 0.5) is 15.8 Å². The molecule has 1 aromatic carbocycles. The number of fused-ring (bicyclic) bond motifs is 1. The van der Waals surface area contributed by atoms with Crippen molar-refractivity contribution in [1.29, 1.82) is 0 Å². The van der Waals surface area contributed by atoms with Gasteiger partial charge in [0.2, 0.25) is 0 Å². The fraction of sp³-hybridized carbons (Fsp3) is 0.188. The van der Waals surface area contributed by atoms with Crippen LogP contribution >= 0.6 is 0 Å². The van der Waals surface area contributed by atoms with Gasteiger partial charge in [0.15, 0.2) is 0 Å². The molecule has 0 unspecified atom stereocenters. The smallest absolute Gasteiger partial charge is 0.256 e. The third kappa shape index (κ3) is 2.11. The van der Waals surface area contributed by atoms with Gasteiger partial charge >= 0.3 is 0 Å². The van der Waals surface area contributed by atoms with Gasteiger partial charge in [-0.15, -0.1) is 0 Å². The van der Waals surface area contributed by atoms with Crippen LogP contribution in [0.5, 0.6) is 0 Å². The highest BCUT2D eigenvalue weighted by atomic mass is 19.1. The van der Waals surface area contributed by atoms with Crippen LogP contribution in [0.1, 0.15) is 22.5 Å². The molecule has 21 heavy (non-hydrogen) atoms. The van der Waals surface area contributed by atoms with E-state index in [9.17, 15) is 9.18 Å². The number of hydrogen-bond acceptors (Lipinski definition) is 2. The molecule has 5 heteroatoms. The van der Waals surface area contributed by atoms with Gasteiger partial charge < -0.3 is 15.6 Å². The molecule has 1 amide bonds. The number of nitrogens with one attached hydrogen (secondary N) is 3. The lowest BCUT2D eigenvalue weighted by Gasteiger charge is -2.00. The molecule has 0 bridgehead atoms. The SMILES string of the molecule is CNc1c(C)[nH]c(/C=C2\C(=O)Nc3ccc(F)cc32)c1C. The van der Waals surface area contributed by atoms with E-state index in [1.165, 1.54) is 12.1 Å². The standard InChI is InChI=1S/C16H16FN3O/c1-8-14(19-9(2)15(8)18-3)7-12-11-6-10(17)4-5-13(11)20-16(12)21/h4-7,18-19H,1-3H3,(H,20,21)/b12-7-. The molecule has 2 aromatic rings. The zero-order valence-corrected chi connectivity index (χ0v) is 12.1. The molecule has 0 saturated heterocycles. The zero-order chi connectivity index (χ0) is 15.1. The molecule has 108 valence electrons. The average Bonchev–Trinajstić information content (AvgIpc) is 2.88. The minimum absolute atomic E-state index is 0.215. The second-order valence-electron chi connectivity index (χ2n) is 5.12. The average molecular weight is 285 g/mol. The van der Waals surface area contributed by atoms with Crippen molar-refractivity contribution >= 4 is 28.9 Å². The highest BCUT2D eigenvalue weighted by Gasteiger charge is 2.25. The molecule has 4 nitrogen and oxygen atoms in total. The normalized spacial score (nSPS) is 15.2. The molecule has 0 aliphatic carbocycles. The molecule has 1 aromatic heterocycles. The lowest BCUT2D eigenvalue weighted by Crippen LogP contribution is -2.03. The van der Waals surface area contributed by atoms with Crippen LogP contribution in [0.15, 0.2) is 18.2 Å². The van der Waals surface area contributed by atoms with E-state index in [0.29, 0.717) is 16.8 Å². The fourth-order valence-corrected chi connectivity index (χ4v) is 2.74. The van der Waals surface area contributed by atoms with Crippen molar-refractivity contribution in [2.75, 3.05) is 17.7 Å². The number of hydrogen-bond donors (Lipinski definition) is 3. The van der Waals surface area contributed by atoms with Crippen molar-refractivity contribution in [2.45, 2.75) is 13.8 Å². The first-order valence-electron chi connectivity index (χ1n) is 6.71. The summed E-state index contributed by atoms with van der Waals surface area (Å²) in [5.74, 6) is -0.570. The summed E-state index contributed by atoms with van der Waals surface area (Å²) in [4.78, 5) is 15.3. The summed E-state index contributed by atoms with van der Waals surface area (Å²) >= 11 is 0. The van der Waals surface area contributed by atoms with Gasteiger partial charge in [-0.3, -0.25) is 4.79 Å². The van der Waals surface area contributed by atoms with E-state index >= 15 is 0 Å². The van der Waals surface area contributed by atoms with E-state index in [4.69, 9.17) is 0 Å². The third-order valence-corrected chi connectivity index (χ3v) is 3.78. The largest absolute Gasteiger partial charge is 0.386 e. The first-order valence-corrected chi connectivity index (χ1v) is 6.71. The molecule has 1 aliphatic rings. The number of anilines is 2. The number of carbonyl (C=O) groups is 1. The quantitative estimate of drug-likeness (QED) is 0.741. The van der Waals surface area contributed by atoms with Crippen LogP contribution in [0.3, 0.4) is 0 Å². The van der Waals surface area contributed by atoms with Gasteiger partial charge in [-0.1, -0.05) is 0 Å². The summed E-state index contributed by atoms with van der Waals surface area (Å²) in [6, 6.07) is 4.30. The Morgan fingerprint density at radius 1 is 1.29 bits per heavy atom. The Balaban J connectivity index is 2.13. The molecule has 0 saturated carbocycles. The maximum atomic E-state index is 13.4. The monoisotopic (exact) mass is 285 g/mol. The van der Waals surface area contributed by atoms with Crippen molar-refractivity contribution in [3.05, 3.63) is 46.5 Å². The highest BCUT2D eigenvalue weighted by molar-refractivity contribution is 6.34. The fourth-order valence-electron chi connectivity index (χ4n) is 2.74. The maximum absolute atomic E-state index is 13.4. The minimum Gasteiger partial charge on any atom is -0.386 e. The minimum atomic E-state index is -0.355. The van der Waals surface area contributed by atoms with E-state index in [0.717, 1.165) is 22.6 Å². The topological polar surface area (TPSA) is 56.9 Å². The highest BCUT2D eigenvalue weighted by Crippen LogP contribution is 2.34. The molecule has 2 heterocycles. The number of aromatic amines is 1. The van der Waals surface area contributed by atoms with Crippen LogP contribution in [0, 0.1) is 19.7 Å². The van der Waals surface area contributed by atoms with Crippen molar-refractivity contribution in [1.82, 2.24) is 4.98 Å². The lowest BCUT2D eigenvalue weighted by molar-refractivity contribution is -0.110. The van der Waals surface area contributed by atoms with Crippen LogP contribution in [0.25, 0.3) is 11.6 Å². The molecular weight excluding hydrogens is 269 g/mol. The van der Waals surface area contributed by atoms with Crippen LogP contribution < -0.4 is 10.6 Å². The number of rotatable bonds is 2. The van der Waals surface area contributed by atoms with Crippen molar-refractivity contribution in [3.63, 3.8) is 0 Å². The molecule has 3 rings (SSSR count). The van der Waals surface area contributed by atoms with Gasteiger partial charge in [0, 0.05) is 29.7 Å². The number of carbonyl (C=O) groups excluding carboxylic acids is 1.